The van der Waals surface area contributed by atoms with Gasteiger partial charge < -0.3 is 4.74 Å². The molecule has 4 fully saturated rings. The molecule has 0 aliphatic heterocycles. The third-order valence-electron chi connectivity index (χ3n) is 8.51. The summed E-state index contributed by atoms with van der Waals surface area (Å²) < 4.78 is 6.86. The van der Waals surface area contributed by atoms with Gasteiger partial charge in [-0.15, -0.1) is 0 Å². The van der Waals surface area contributed by atoms with E-state index in [0.717, 1.165) is 52.1 Å². The Kier molecular flexibility index (Phi) is 4.64. The Morgan fingerprint density at radius 1 is 0.812 bits per heavy atom. The normalized spacial score (nSPS) is 30.5. The van der Waals surface area contributed by atoms with Crippen molar-refractivity contribution in [3.05, 3.63) is 66.0 Å². The zero-order valence-electron chi connectivity index (χ0n) is 19.3. The lowest BCUT2D eigenvalue weighted by Crippen LogP contribution is -2.59. The van der Waals surface area contributed by atoms with Gasteiger partial charge in [0.2, 0.25) is 0 Å². The molecule has 2 heterocycles. The van der Waals surface area contributed by atoms with Gasteiger partial charge in [0.05, 0.1) is 11.4 Å². The summed E-state index contributed by atoms with van der Waals surface area (Å²) >= 11 is 0. The van der Waals surface area contributed by atoms with Crippen LogP contribution in [0.2, 0.25) is 0 Å². The van der Waals surface area contributed by atoms with E-state index >= 15 is 0 Å². The summed E-state index contributed by atoms with van der Waals surface area (Å²) in [5.74, 6) is 4.43. The van der Waals surface area contributed by atoms with Crippen molar-refractivity contribution in [2.75, 3.05) is 0 Å². The standard InChI is InChI=1S/C29H32N2O/c1-18-11-22(23-7-9-26(30-17-23)27-6-4-5-19(2)31-27)8-10-28(18)32-29(3)24-13-20-12-21(15-24)16-25(29)14-20/h4-11,17,20-21,24-25H,12-16H2,1-3H3. The van der Waals surface area contributed by atoms with Crippen molar-refractivity contribution in [2.24, 2.45) is 23.7 Å². The second-order valence-corrected chi connectivity index (χ2v) is 10.7. The van der Waals surface area contributed by atoms with E-state index in [2.05, 4.69) is 54.1 Å². The van der Waals surface area contributed by atoms with Crippen LogP contribution in [-0.2, 0) is 0 Å². The molecule has 3 aromatic rings. The molecule has 0 saturated heterocycles. The number of hydrogen-bond acceptors (Lipinski definition) is 3. The van der Waals surface area contributed by atoms with Crippen LogP contribution in [0.4, 0.5) is 0 Å². The maximum Gasteiger partial charge on any atom is 0.123 e. The third-order valence-corrected chi connectivity index (χ3v) is 8.51. The number of pyridine rings is 2. The van der Waals surface area contributed by atoms with Crippen LogP contribution in [0.15, 0.2) is 54.7 Å². The van der Waals surface area contributed by atoms with Crippen molar-refractivity contribution in [1.82, 2.24) is 9.97 Å². The van der Waals surface area contributed by atoms with Crippen molar-refractivity contribution in [1.29, 1.82) is 0 Å². The van der Waals surface area contributed by atoms with Crippen molar-refractivity contribution in [3.8, 4) is 28.3 Å². The Balaban J connectivity index is 1.23. The lowest BCUT2D eigenvalue weighted by molar-refractivity contribution is -0.145. The first kappa shape index (κ1) is 20.0. The number of ether oxygens (including phenoxy) is 1. The van der Waals surface area contributed by atoms with Crippen molar-refractivity contribution >= 4 is 0 Å². The average Bonchev–Trinajstić information content (AvgIpc) is 2.79. The minimum atomic E-state index is 0.00369. The molecule has 3 heteroatoms. The summed E-state index contributed by atoms with van der Waals surface area (Å²) in [5.41, 5.74) is 6.35. The van der Waals surface area contributed by atoms with Gasteiger partial charge in [-0.1, -0.05) is 18.2 Å². The van der Waals surface area contributed by atoms with Gasteiger partial charge in [-0.3, -0.25) is 9.97 Å². The number of nitrogens with zero attached hydrogens (tertiary/aromatic N) is 2. The van der Waals surface area contributed by atoms with Gasteiger partial charge in [0.25, 0.3) is 0 Å². The quantitative estimate of drug-likeness (QED) is 0.451. The van der Waals surface area contributed by atoms with E-state index in [9.17, 15) is 0 Å². The monoisotopic (exact) mass is 424 g/mol. The number of hydrogen-bond donors (Lipinski definition) is 0. The van der Waals surface area contributed by atoms with Gasteiger partial charge >= 0.3 is 0 Å². The number of benzene rings is 1. The first-order valence-electron chi connectivity index (χ1n) is 12.2. The van der Waals surface area contributed by atoms with E-state index in [0.29, 0.717) is 0 Å². The SMILES string of the molecule is Cc1cccc(-c2ccc(-c3ccc(OC4(C)C5CC6CC(C5)CC4C6)c(C)c3)cn2)n1. The zero-order valence-corrected chi connectivity index (χ0v) is 19.3. The van der Waals surface area contributed by atoms with Gasteiger partial charge in [0.1, 0.15) is 11.4 Å². The Labute approximate surface area is 191 Å². The second-order valence-electron chi connectivity index (χ2n) is 10.7. The minimum Gasteiger partial charge on any atom is -0.487 e. The predicted octanol–water partition coefficient (Wildman–Crippen LogP) is 7.02. The first-order chi connectivity index (χ1) is 15.5. The van der Waals surface area contributed by atoms with Crippen molar-refractivity contribution in [2.45, 2.75) is 58.5 Å². The summed E-state index contributed by atoms with van der Waals surface area (Å²) in [5, 5.41) is 0. The van der Waals surface area contributed by atoms with Crippen molar-refractivity contribution in [3.63, 3.8) is 0 Å². The van der Waals surface area contributed by atoms with Crippen LogP contribution in [0.5, 0.6) is 5.75 Å². The van der Waals surface area contributed by atoms with Gasteiger partial charge in [0.15, 0.2) is 0 Å². The van der Waals surface area contributed by atoms with E-state index in [1.165, 1.54) is 43.2 Å². The fourth-order valence-corrected chi connectivity index (χ4v) is 6.87. The lowest BCUT2D eigenvalue weighted by atomic mass is 9.50. The molecule has 0 atom stereocenters. The molecule has 32 heavy (non-hydrogen) atoms. The largest absolute Gasteiger partial charge is 0.487 e. The maximum absolute atomic E-state index is 6.86. The van der Waals surface area contributed by atoms with Crippen molar-refractivity contribution < 1.29 is 4.74 Å². The van der Waals surface area contributed by atoms with Gasteiger partial charge in [-0.2, -0.15) is 0 Å². The summed E-state index contributed by atoms with van der Waals surface area (Å²) in [6.07, 6.45) is 8.91. The summed E-state index contributed by atoms with van der Waals surface area (Å²) in [7, 11) is 0. The van der Waals surface area contributed by atoms with Crippen LogP contribution >= 0.6 is 0 Å². The van der Waals surface area contributed by atoms with Gasteiger partial charge in [-0.25, -0.2) is 0 Å². The van der Waals surface area contributed by atoms with E-state index in [1.54, 1.807) is 0 Å². The fraction of sp³-hybridized carbons (Fsp3) is 0.448. The van der Waals surface area contributed by atoms with Crippen LogP contribution in [0.3, 0.4) is 0 Å². The number of rotatable bonds is 4. The molecular weight excluding hydrogens is 392 g/mol. The molecule has 0 amide bonds. The third kappa shape index (κ3) is 3.34. The molecule has 4 saturated carbocycles. The highest BCUT2D eigenvalue weighted by Crippen LogP contribution is 2.59. The molecule has 1 aromatic carbocycles. The maximum atomic E-state index is 6.86. The minimum absolute atomic E-state index is 0.00369. The Morgan fingerprint density at radius 3 is 2.16 bits per heavy atom. The highest BCUT2D eigenvalue weighted by Gasteiger charge is 2.56. The van der Waals surface area contributed by atoms with E-state index < -0.39 is 0 Å². The molecule has 164 valence electrons. The smallest absolute Gasteiger partial charge is 0.123 e. The van der Waals surface area contributed by atoms with E-state index in [1.807, 2.05) is 31.3 Å². The average molecular weight is 425 g/mol. The molecule has 0 N–H and O–H groups in total. The van der Waals surface area contributed by atoms with Crippen LogP contribution in [0.1, 0.15) is 50.3 Å². The highest BCUT2D eigenvalue weighted by molar-refractivity contribution is 5.67. The zero-order chi connectivity index (χ0) is 21.9. The van der Waals surface area contributed by atoms with E-state index in [-0.39, 0.29) is 5.60 Å². The first-order valence-corrected chi connectivity index (χ1v) is 12.2. The molecule has 0 unspecified atom stereocenters. The molecule has 2 aromatic heterocycles. The fourth-order valence-electron chi connectivity index (χ4n) is 6.87. The van der Waals surface area contributed by atoms with Gasteiger partial charge in [-0.05, 0) is 118 Å². The van der Waals surface area contributed by atoms with Gasteiger partial charge in [0, 0.05) is 17.5 Å². The summed E-state index contributed by atoms with van der Waals surface area (Å²) in [6.45, 7) is 6.58. The number of aromatic nitrogens is 2. The molecule has 0 spiro atoms. The van der Waals surface area contributed by atoms with E-state index in [4.69, 9.17) is 4.74 Å². The highest BCUT2D eigenvalue weighted by atomic mass is 16.5. The Bertz CT molecular complexity index is 1120. The van der Waals surface area contributed by atoms with Crippen LogP contribution in [0, 0.1) is 37.5 Å². The summed E-state index contributed by atoms with van der Waals surface area (Å²) in [4.78, 5) is 9.26. The summed E-state index contributed by atoms with van der Waals surface area (Å²) in [6, 6.07) is 16.9. The van der Waals surface area contributed by atoms with Crippen LogP contribution < -0.4 is 4.74 Å². The lowest BCUT2D eigenvalue weighted by Gasteiger charge is -2.59. The Hall–Kier alpha value is -2.68. The van der Waals surface area contributed by atoms with Crippen LogP contribution in [0.25, 0.3) is 22.5 Å². The molecule has 4 aliphatic carbocycles. The topological polar surface area (TPSA) is 35.0 Å². The molecular formula is C29H32N2O. The second kappa shape index (κ2) is 7.43. The predicted molar refractivity (Wildman–Crippen MR) is 128 cm³/mol. The molecule has 4 bridgehead atoms. The number of aryl methyl sites for hydroxylation is 2. The molecule has 3 nitrogen and oxygen atoms in total. The molecule has 4 aliphatic rings. The van der Waals surface area contributed by atoms with Crippen LogP contribution in [-0.4, -0.2) is 15.6 Å². The Morgan fingerprint density at radius 2 is 1.53 bits per heavy atom. The molecule has 7 rings (SSSR count). The molecule has 0 radical (unpaired) electrons.